The number of nitrogens with one attached hydrogen (secondary N) is 1. The lowest BCUT2D eigenvalue weighted by atomic mass is 10.3. The van der Waals surface area contributed by atoms with Crippen molar-refractivity contribution in [2.45, 2.75) is 13.1 Å². The van der Waals surface area contributed by atoms with Crippen LogP contribution in [0.4, 0.5) is 0 Å². The molecule has 1 aromatic carbocycles. The van der Waals surface area contributed by atoms with E-state index in [2.05, 4.69) is 15.6 Å². The second-order valence-electron chi connectivity index (χ2n) is 5.33. The molecular weight excluding hydrogens is 342 g/mol. The number of benzene rings is 1. The lowest BCUT2D eigenvalue weighted by Crippen LogP contribution is -2.30. The van der Waals surface area contributed by atoms with Gasteiger partial charge in [0, 0.05) is 5.38 Å². The minimum atomic E-state index is -0.556. The maximum atomic E-state index is 12.1. The molecule has 4 aromatic rings. The van der Waals surface area contributed by atoms with Crippen LogP contribution in [0.3, 0.4) is 0 Å². The van der Waals surface area contributed by atoms with E-state index in [1.807, 2.05) is 16.8 Å². The van der Waals surface area contributed by atoms with Gasteiger partial charge in [-0.05, 0) is 23.6 Å². The fourth-order valence-corrected chi connectivity index (χ4v) is 3.07. The zero-order valence-corrected chi connectivity index (χ0v) is 13.8. The Balaban J connectivity index is 1.42. The number of oxazole rings is 1. The molecule has 1 N–H and O–H groups in total. The Kier molecular flexibility index (Phi) is 3.90. The van der Waals surface area contributed by atoms with Crippen LogP contribution in [-0.4, -0.2) is 25.5 Å². The molecule has 0 saturated heterocycles. The van der Waals surface area contributed by atoms with Crippen LogP contribution in [0.15, 0.2) is 56.5 Å². The molecule has 0 fully saturated rings. The van der Waals surface area contributed by atoms with Gasteiger partial charge >= 0.3 is 5.76 Å². The number of carbonyl (C=O) groups excluding carboxylic acids is 1. The molecule has 0 bridgehead atoms. The van der Waals surface area contributed by atoms with Crippen molar-refractivity contribution in [2.75, 3.05) is 0 Å². The third-order valence-corrected chi connectivity index (χ3v) is 4.32. The monoisotopic (exact) mass is 355 g/mol. The minimum absolute atomic E-state index is 0.117. The fourth-order valence-electron chi connectivity index (χ4n) is 2.45. The van der Waals surface area contributed by atoms with E-state index >= 15 is 0 Å². The van der Waals surface area contributed by atoms with Crippen LogP contribution in [0.2, 0.25) is 0 Å². The predicted molar refractivity (Wildman–Crippen MR) is 91.6 cm³/mol. The summed E-state index contributed by atoms with van der Waals surface area (Å²) in [7, 11) is 0. The third-order valence-electron chi connectivity index (χ3n) is 3.65. The minimum Gasteiger partial charge on any atom is -0.408 e. The normalized spacial score (nSPS) is 11.0. The van der Waals surface area contributed by atoms with Crippen molar-refractivity contribution in [1.29, 1.82) is 0 Å². The molecule has 0 radical (unpaired) electrons. The number of aromatic nitrogens is 4. The van der Waals surface area contributed by atoms with Gasteiger partial charge in [-0.3, -0.25) is 9.36 Å². The van der Waals surface area contributed by atoms with Gasteiger partial charge in [0.25, 0.3) is 0 Å². The van der Waals surface area contributed by atoms with Gasteiger partial charge in [-0.2, -0.15) is 11.3 Å². The van der Waals surface area contributed by atoms with Crippen molar-refractivity contribution in [3.8, 4) is 5.69 Å². The van der Waals surface area contributed by atoms with E-state index in [-0.39, 0.29) is 19.0 Å². The summed E-state index contributed by atoms with van der Waals surface area (Å²) < 4.78 is 8.05. The molecule has 0 saturated carbocycles. The van der Waals surface area contributed by atoms with Gasteiger partial charge in [0.15, 0.2) is 5.58 Å². The Morgan fingerprint density at radius 3 is 3.00 bits per heavy atom. The topological polar surface area (TPSA) is 94.9 Å². The Morgan fingerprint density at radius 2 is 2.16 bits per heavy atom. The van der Waals surface area contributed by atoms with E-state index < -0.39 is 5.76 Å². The molecule has 1 amide bonds. The molecule has 0 aliphatic heterocycles. The number of thiophene rings is 1. The van der Waals surface area contributed by atoms with Gasteiger partial charge in [-0.25, -0.2) is 9.48 Å². The van der Waals surface area contributed by atoms with Crippen molar-refractivity contribution >= 4 is 28.3 Å². The SMILES string of the molecule is O=C(Cn1c(=O)oc2ccccc21)NCc1cn(-c2ccsc2)nn1. The average Bonchev–Trinajstić information content (AvgIpc) is 3.33. The van der Waals surface area contributed by atoms with E-state index in [9.17, 15) is 9.59 Å². The molecule has 25 heavy (non-hydrogen) atoms. The summed E-state index contributed by atoms with van der Waals surface area (Å²) >= 11 is 1.57. The molecule has 3 aromatic heterocycles. The maximum absolute atomic E-state index is 12.1. The smallest absolute Gasteiger partial charge is 0.408 e. The number of hydrogen-bond donors (Lipinski definition) is 1. The number of fused-ring (bicyclic) bond motifs is 1. The van der Waals surface area contributed by atoms with E-state index in [4.69, 9.17) is 4.42 Å². The first kappa shape index (κ1) is 15.3. The van der Waals surface area contributed by atoms with Crippen LogP contribution >= 0.6 is 11.3 Å². The van der Waals surface area contributed by atoms with Gasteiger partial charge in [-0.1, -0.05) is 17.3 Å². The fraction of sp³-hybridized carbons (Fsp3) is 0.125. The van der Waals surface area contributed by atoms with Gasteiger partial charge < -0.3 is 9.73 Å². The second kappa shape index (κ2) is 6.36. The van der Waals surface area contributed by atoms with Gasteiger partial charge in [0.1, 0.15) is 12.2 Å². The quantitative estimate of drug-likeness (QED) is 0.586. The summed E-state index contributed by atoms with van der Waals surface area (Å²) in [6, 6.07) is 8.91. The Labute approximate surface area is 145 Å². The molecule has 8 nitrogen and oxygen atoms in total. The first-order valence-electron chi connectivity index (χ1n) is 7.49. The van der Waals surface area contributed by atoms with Crippen LogP contribution in [0.5, 0.6) is 0 Å². The number of amides is 1. The highest BCUT2D eigenvalue weighted by Gasteiger charge is 2.12. The highest BCUT2D eigenvalue weighted by Crippen LogP contribution is 2.12. The van der Waals surface area contributed by atoms with Gasteiger partial charge in [-0.15, -0.1) is 5.10 Å². The lowest BCUT2D eigenvalue weighted by molar-refractivity contribution is -0.121. The molecule has 126 valence electrons. The molecule has 0 aliphatic carbocycles. The van der Waals surface area contributed by atoms with Crippen molar-refractivity contribution in [3.63, 3.8) is 0 Å². The van der Waals surface area contributed by atoms with Crippen molar-refractivity contribution < 1.29 is 9.21 Å². The number of rotatable bonds is 5. The highest BCUT2D eigenvalue weighted by atomic mass is 32.1. The number of nitrogens with zero attached hydrogens (tertiary/aromatic N) is 4. The van der Waals surface area contributed by atoms with Crippen LogP contribution in [0.25, 0.3) is 16.8 Å². The van der Waals surface area contributed by atoms with Crippen LogP contribution in [0.1, 0.15) is 5.69 Å². The summed E-state index contributed by atoms with van der Waals surface area (Å²) in [5.74, 6) is -0.863. The number of hydrogen-bond acceptors (Lipinski definition) is 6. The summed E-state index contributed by atoms with van der Waals surface area (Å²) in [6.07, 6.45) is 1.75. The predicted octanol–water partition coefficient (Wildman–Crippen LogP) is 1.55. The average molecular weight is 355 g/mol. The standard InChI is InChI=1S/C16H13N5O3S/c22-15(9-20-13-3-1-2-4-14(13)24-16(20)23)17-7-11-8-21(19-18-11)12-5-6-25-10-12/h1-6,8,10H,7,9H2,(H,17,22). The van der Waals surface area contributed by atoms with Crippen molar-refractivity contribution in [2.24, 2.45) is 0 Å². The van der Waals surface area contributed by atoms with E-state index in [1.54, 1.807) is 46.5 Å². The Hall–Kier alpha value is -3.20. The second-order valence-corrected chi connectivity index (χ2v) is 6.11. The number of carbonyl (C=O) groups is 1. The zero-order chi connectivity index (χ0) is 17.2. The van der Waals surface area contributed by atoms with Gasteiger partial charge in [0.05, 0.1) is 23.9 Å². The van der Waals surface area contributed by atoms with Gasteiger partial charge in [0.2, 0.25) is 5.91 Å². The maximum Gasteiger partial charge on any atom is 0.420 e. The molecule has 0 spiro atoms. The summed E-state index contributed by atoms with van der Waals surface area (Å²) in [5.41, 5.74) is 2.60. The van der Waals surface area contributed by atoms with Crippen molar-refractivity contribution in [1.82, 2.24) is 24.9 Å². The first-order valence-corrected chi connectivity index (χ1v) is 8.44. The third kappa shape index (κ3) is 3.09. The van der Waals surface area contributed by atoms with E-state index in [0.29, 0.717) is 16.8 Å². The Morgan fingerprint density at radius 1 is 1.28 bits per heavy atom. The molecule has 4 rings (SSSR count). The van der Waals surface area contributed by atoms with E-state index in [1.165, 1.54) is 4.57 Å². The Bertz CT molecular complexity index is 1080. The molecule has 3 heterocycles. The molecule has 9 heteroatoms. The molecule has 0 aliphatic rings. The van der Waals surface area contributed by atoms with Crippen LogP contribution < -0.4 is 11.1 Å². The lowest BCUT2D eigenvalue weighted by Gasteiger charge is -2.03. The molecule has 0 unspecified atom stereocenters. The van der Waals surface area contributed by atoms with Crippen molar-refractivity contribution in [3.05, 3.63) is 63.5 Å². The highest BCUT2D eigenvalue weighted by molar-refractivity contribution is 7.08. The molecular formula is C16H13N5O3S. The largest absolute Gasteiger partial charge is 0.420 e. The van der Waals surface area contributed by atoms with Crippen LogP contribution in [-0.2, 0) is 17.9 Å². The van der Waals surface area contributed by atoms with Crippen LogP contribution in [0, 0.1) is 0 Å². The summed E-state index contributed by atoms with van der Waals surface area (Å²) in [4.78, 5) is 24.0. The molecule has 0 atom stereocenters. The summed E-state index contributed by atoms with van der Waals surface area (Å²) in [6.45, 7) is 0.113. The number of para-hydroxylation sites is 2. The zero-order valence-electron chi connectivity index (χ0n) is 13.0. The van der Waals surface area contributed by atoms with E-state index in [0.717, 1.165) is 5.69 Å². The summed E-state index contributed by atoms with van der Waals surface area (Å²) in [5, 5.41) is 14.7. The first-order chi connectivity index (χ1) is 12.2.